The van der Waals surface area contributed by atoms with Gasteiger partial charge in [-0.3, -0.25) is 9.69 Å². The molecule has 2 aliphatic rings. The fourth-order valence-corrected chi connectivity index (χ4v) is 5.38. The smallest absolute Gasteiger partial charge is 0.243 e. The van der Waals surface area contributed by atoms with Gasteiger partial charge in [0.05, 0.1) is 50.0 Å². The number of carbonyl (C=O) groups excluding carboxylic acids is 1. The van der Waals surface area contributed by atoms with E-state index in [9.17, 15) is 13.2 Å². The summed E-state index contributed by atoms with van der Waals surface area (Å²) in [4.78, 5) is 16.6. The van der Waals surface area contributed by atoms with Crippen LogP contribution >= 0.6 is 0 Å². The number of rotatable bonds is 8. The maximum absolute atomic E-state index is 13.2. The van der Waals surface area contributed by atoms with Gasteiger partial charge < -0.3 is 18.8 Å². The van der Waals surface area contributed by atoms with E-state index in [2.05, 4.69) is 6.07 Å². The van der Waals surface area contributed by atoms with Crippen LogP contribution in [-0.2, 0) is 21.4 Å². The zero-order valence-corrected chi connectivity index (χ0v) is 19.7. The van der Waals surface area contributed by atoms with Crippen molar-refractivity contribution in [2.75, 3.05) is 52.5 Å². The summed E-state index contributed by atoms with van der Waals surface area (Å²) >= 11 is 0. The molecule has 0 spiro atoms. The van der Waals surface area contributed by atoms with Gasteiger partial charge in [0.25, 0.3) is 0 Å². The van der Waals surface area contributed by atoms with E-state index in [0.29, 0.717) is 56.7 Å². The Morgan fingerprint density at radius 1 is 1.09 bits per heavy atom. The molecular formula is C23H28N4O6S. The molecule has 0 saturated carbocycles. The molecule has 3 heterocycles. The number of sulfonamides is 1. The highest BCUT2D eigenvalue weighted by Gasteiger charge is 2.30. The van der Waals surface area contributed by atoms with Crippen molar-refractivity contribution in [1.29, 1.82) is 5.26 Å². The molecule has 1 aromatic heterocycles. The van der Waals surface area contributed by atoms with Gasteiger partial charge in [-0.1, -0.05) is 0 Å². The van der Waals surface area contributed by atoms with Gasteiger partial charge in [0.1, 0.15) is 5.76 Å². The zero-order chi connectivity index (χ0) is 24.0. The molecule has 2 aliphatic heterocycles. The minimum atomic E-state index is -3.69. The fraction of sp³-hybridized carbons (Fsp3) is 0.478. The lowest BCUT2D eigenvalue weighted by Gasteiger charge is -2.34. The van der Waals surface area contributed by atoms with Gasteiger partial charge in [-0.25, -0.2) is 8.42 Å². The van der Waals surface area contributed by atoms with Crippen LogP contribution < -0.4 is 9.47 Å². The normalized spacial score (nSPS) is 17.0. The number of ether oxygens (including phenoxy) is 2. The number of nitriles is 1. The van der Waals surface area contributed by atoms with Crippen LogP contribution in [-0.4, -0.2) is 80.9 Å². The number of amides is 1. The first-order chi connectivity index (χ1) is 16.5. The molecule has 10 nitrogen and oxygen atoms in total. The molecule has 0 atom stereocenters. The zero-order valence-electron chi connectivity index (χ0n) is 18.9. The summed E-state index contributed by atoms with van der Waals surface area (Å²) in [6.45, 7) is 3.21. The Balaban J connectivity index is 1.35. The number of hydrogen-bond donors (Lipinski definition) is 0. The number of nitrogens with zero attached hydrogens (tertiary/aromatic N) is 4. The third kappa shape index (κ3) is 5.70. The average molecular weight is 489 g/mol. The van der Waals surface area contributed by atoms with E-state index in [0.717, 1.165) is 6.42 Å². The van der Waals surface area contributed by atoms with Crippen molar-refractivity contribution < 1.29 is 27.1 Å². The van der Waals surface area contributed by atoms with Crippen molar-refractivity contribution in [3.63, 3.8) is 0 Å². The predicted molar refractivity (Wildman–Crippen MR) is 122 cm³/mol. The predicted octanol–water partition coefficient (Wildman–Crippen LogP) is 1.69. The number of furan rings is 1. The molecule has 34 heavy (non-hydrogen) atoms. The van der Waals surface area contributed by atoms with Crippen LogP contribution in [0.2, 0.25) is 0 Å². The SMILES string of the molecule is N#CCCN(Cc1ccco1)C(=O)CN1CCN(S(=O)(=O)c2ccc3c(c2)OCCCO3)CC1. The molecule has 0 N–H and O–H groups in total. The molecule has 4 rings (SSSR count). The van der Waals surface area contributed by atoms with E-state index in [1.165, 1.54) is 10.4 Å². The monoisotopic (exact) mass is 488 g/mol. The molecule has 1 amide bonds. The molecular weight excluding hydrogens is 460 g/mol. The third-order valence-electron chi connectivity index (χ3n) is 5.82. The lowest BCUT2D eigenvalue weighted by Crippen LogP contribution is -2.51. The Bertz CT molecular complexity index is 1120. The minimum Gasteiger partial charge on any atom is -0.490 e. The summed E-state index contributed by atoms with van der Waals surface area (Å²) < 4.78 is 44.4. The Hall–Kier alpha value is -3.07. The standard InChI is InChI=1S/C23H28N4O6S/c24-7-2-8-26(17-19-4-1-13-31-19)23(28)18-25-9-11-27(12-10-25)34(29,30)20-5-6-21-22(16-20)33-15-3-14-32-21/h1,4-6,13,16H,2-3,8-12,14-15,17-18H2. The minimum absolute atomic E-state index is 0.120. The summed E-state index contributed by atoms with van der Waals surface area (Å²) in [5, 5.41) is 8.92. The van der Waals surface area contributed by atoms with Crippen LogP contribution in [0.4, 0.5) is 0 Å². The largest absolute Gasteiger partial charge is 0.490 e. The average Bonchev–Trinajstić information content (AvgIpc) is 3.24. The molecule has 1 aromatic carbocycles. The van der Waals surface area contributed by atoms with Gasteiger partial charge in [0, 0.05) is 45.2 Å². The summed E-state index contributed by atoms with van der Waals surface area (Å²) in [7, 11) is -3.69. The van der Waals surface area contributed by atoms with Crippen molar-refractivity contribution >= 4 is 15.9 Å². The molecule has 1 saturated heterocycles. The summed E-state index contributed by atoms with van der Waals surface area (Å²) in [5.41, 5.74) is 0. The number of fused-ring (bicyclic) bond motifs is 1. The highest BCUT2D eigenvalue weighted by atomic mass is 32.2. The van der Waals surface area contributed by atoms with E-state index in [4.69, 9.17) is 19.2 Å². The van der Waals surface area contributed by atoms with Gasteiger partial charge in [-0.2, -0.15) is 9.57 Å². The first-order valence-electron chi connectivity index (χ1n) is 11.3. The second kappa shape index (κ2) is 10.9. The van der Waals surface area contributed by atoms with Crippen LogP contribution in [0, 0.1) is 11.3 Å². The molecule has 11 heteroatoms. The van der Waals surface area contributed by atoms with Crippen molar-refractivity contribution in [2.24, 2.45) is 0 Å². The van der Waals surface area contributed by atoms with Crippen LogP contribution in [0.3, 0.4) is 0 Å². The van der Waals surface area contributed by atoms with Gasteiger partial charge in [-0.05, 0) is 24.3 Å². The van der Waals surface area contributed by atoms with Crippen molar-refractivity contribution in [3.8, 4) is 17.6 Å². The molecule has 1 fully saturated rings. The van der Waals surface area contributed by atoms with Crippen LogP contribution in [0.25, 0.3) is 0 Å². The molecule has 0 bridgehead atoms. The second-order valence-electron chi connectivity index (χ2n) is 8.14. The highest BCUT2D eigenvalue weighted by Crippen LogP contribution is 2.33. The number of carbonyl (C=O) groups is 1. The van der Waals surface area contributed by atoms with E-state index in [1.54, 1.807) is 35.4 Å². The summed E-state index contributed by atoms with van der Waals surface area (Å²) in [5.74, 6) is 1.52. The molecule has 2 aromatic rings. The number of piperazine rings is 1. The van der Waals surface area contributed by atoms with Gasteiger partial charge >= 0.3 is 0 Å². The lowest BCUT2D eigenvalue weighted by molar-refractivity contribution is -0.133. The van der Waals surface area contributed by atoms with Crippen LogP contribution in [0.1, 0.15) is 18.6 Å². The van der Waals surface area contributed by atoms with E-state index < -0.39 is 10.0 Å². The van der Waals surface area contributed by atoms with E-state index in [1.807, 2.05) is 4.90 Å². The molecule has 0 unspecified atom stereocenters. The first kappa shape index (κ1) is 24.1. The Kier molecular flexibility index (Phi) is 7.72. The number of benzene rings is 1. The Morgan fingerprint density at radius 3 is 2.56 bits per heavy atom. The maximum Gasteiger partial charge on any atom is 0.243 e. The topological polar surface area (TPSA) is 116 Å². The Morgan fingerprint density at radius 2 is 1.85 bits per heavy atom. The van der Waals surface area contributed by atoms with E-state index in [-0.39, 0.29) is 36.9 Å². The van der Waals surface area contributed by atoms with E-state index >= 15 is 0 Å². The molecule has 0 radical (unpaired) electrons. The lowest BCUT2D eigenvalue weighted by atomic mass is 10.3. The maximum atomic E-state index is 13.2. The fourth-order valence-electron chi connectivity index (χ4n) is 3.94. The first-order valence-corrected chi connectivity index (χ1v) is 12.7. The van der Waals surface area contributed by atoms with Crippen molar-refractivity contribution in [1.82, 2.24) is 14.1 Å². The number of hydrogen-bond acceptors (Lipinski definition) is 8. The quantitative estimate of drug-likeness (QED) is 0.551. The second-order valence-corrected chi connectivity index (χ2v) is 10.1. The van der Waals surface area contributed by atoms with Crippen molar-refractivity contribution in [2.45, 2.75) is 24.3 Å². The highest BCUT2D eigenvalue weighted by molar-refractivity contribution is 7.89. The summed E-state index contributed by atoms with van der Waals surface area (Å²) in [6.07, 6.45) is 2.52. The van der Waals surface area contributed by atoms with Gasteiger partial charge in [0.15, 0.2) is 11.5 Å². The molecule has 182 valence electrons. The third-order valence-corrected chi connectivity index (χ3v) is 7.71. The van der Waals surface area contributed by atoms with Crippen LogP contribution in [0.5, 0.6) is 11.5 Å². The van der Waals surface area contributed by atoms with Crippen LogP contribution in [0.15, 0.2) is 45.9 Å². The van der Waals surface area contributed by atoms with Gasteiger partial charge in [-0.15, -0.1) is 0 Å². The Labute approximate surface area is 199 Å². The molecule has 0 aliphatic carbocycles. The van der Waals surface area contributed by atoms with Gasteiger partial charge in [0.2, 0.25) is 15.9 Å². The summed E-state index contributed by atoms with van der Waals surface area (Å²) in [6, 6.07) is 10.3. The van der Waals surface area contributed by atoms with Crippen molar-refractivity contribution in [3.05, 3.63) is 42.4 Å².